The Morgan fingerprint density at radius 2 is 1.76 bits per heavy atom. The van der Waals surface area contributed by atoms with Crippen molar-refractivity contribution < 1.29 is 14.4 Å². The van der Waals surface area contributed by atoms with E-state index in [0.29, 0.717) is 0 Å². The second-order valence-electron chi connectivity index (χ2n) is 5.98. The maximum absolute atomic E-state index is 12.2. The molecule has 1 fully saturated rings. The van der Waals surface area contributed by atoms with Gasteiger partial charge in [0.15, 0.2) is 0 Å². The Labute approximate surface area is 143 Å². The maximum atomic E-state index is 12.2. The molecule has 132 valence electrons. The molecule has 0 unspecified atom stereocenters. The molecule has 9 heteroatoms. The van der Waals surface area contributed by atoms with Crippen LogP contribution in [0.1, 0.15) is 19.3 Å². The number of hydrazine groups is 1. The van der Waals surface area contributed by atoms with Crippen molar-refractivity contribution >= 4 is 28.8 Å². The van der Waals surface area contributed by atoms with E-state index in [1.165, 1.54) is 9.13 Å². The molecule has 3 rings (SSSR count). The largest absolute Gasteiger partial charge is 0.345 e. The molecular weight excluding hydrogens is 326 g/mol. The molecule has 1 aliphatic carbocycles. The summed E-state index contributed by atoms with van der Waals surface area (Å²) in [6.45, 7) is 0.163. The average Bonchev–Trinajstić information content (AvgIpc) is 3.39. The van der Waals surface area contributed by atoms with Gasteiger partial charge >= 0.3 is 17.5 Å². The van der Waals surface area contributed by atoms with E-state index in [9.17, 15) is 19.2 Å². The van der Waals surface area contributed by atoms with Crippen LogP contribution in [0.3, 0.4) is 0 Å². The second-order valence-corrected chi connectivity index (χ2v) is 5.98. The smallest absolute Gasteiger partial charge is 0.328 e. The van der Waals surface area contributed by atoms with Crippen LogP contribution >= 0.6 is 0 Å². The van der Waals surface area contributed by atoms with E-state index < -0.39 is 17.7 Å². The quantitative estimate of drug-likeness (QED) is 0.495. The highest BCUT2D eigenvalue weighted by atomic mass is 16.2. The van der Waals surface area contributed by atoms with Crippen molar-refractivity contribution in [3.8, 4) is 0 Å². The summed E-state index contributed by atoms with van der Waals surface area (Å²) in [4.78, 5) is 47.1. The molecule has 0 spiro atoms. The number of rotatable bonds is 4. The third-order valence-electron chi connectivity index (χ3n) is 4.05. The van der Waals surface area contributed by atoms with E-state index in [-0.39, 0.29) is 24.7 Å². The van der Waals surface area contributed by atoms with Crippen LogP contribution in [0.4, 0.5) is 0 Å². The number of nitrogens with one attached hydrogen (secondary N) is 3. The van der Waals surface area contributed by atoms with Gasteiger partial charge in [0.1, 0.15) is 0 Å². The van der Waals surface area contributed by atoms with Crippen molar-refractivity contribution in [1.82, 2.24) is 25.3 Å². The summed E-state index contributed by atoms with van der Waals surface area (Å²) in [5.41, 5.74) is 5.53. The van der Waals surface area contributed by atoms with Crippen LogP contribution in [-0.2, 0) is 28.0 Å². The summed E-state index contributed by atoms with van der Waals surface area (Å²) < 4.78 is 3.01. The Balaban J connectivity index is 1.54. The van der Waals surface area contributed by atoms with Crippen LogP contribution < -0.4 is 21.9 Å². The monoisotopic (exact) mass is 345 g/mol. The third kappa shape index (κ3) is 3.70. The normalized spacial score (nSPS) is 13.5. The van der Waals surface area contributed by atoms with Gasteiger partial charge in [0.2, 0.25) is 5.91 Å². The molecule has 0 radical (unpaired) electrons. The van der Waals surface area contributed by atoms with Gasteiger partial charge in [-0.05, 0) is 25.0 Å². The number of aryl methyl sites for hydroxylation is 2. The molecule has 3 N–H and O–H groups in total. The van der Waals surface area contributed by atoms with Crippen molar-refractivity contribution in [3.05, 3.63) is 34.7 Å². The lowest BCUT2D eigenvalue weighted by Crippen LogP contribution is -2.49. The molecule has 0 aliphatic heterocycles. The van der Waals surface area contributed by atoms with Crippen LogP contribution in [0.5, 0.6) is 0 Å². The van der Waals surface area contributed by atoms with Gasteiger partial charge < -0.3 is 5.32 Å². The second kappa shape index (κ2) is 6.80. The predicted molar refractivity (Wildman–Crippen MR) is 89.2 cm³/mol. The molecular formula is C16H19N5O4. The predicted octanol–water partition coefficient (Wildman–Crippen LogP) is -0.844. The lowest BCUT2D eigenvalue weighted by atomic mass is 10.3. The van der Waals surface area contributed by atoms with E-state index in [2.05, 4.69) is 16.2 Å². The molecule has 1 heterocycles. The van der Waals surface area contributed by atoms with E-state index >= 15 is 0 Å². The minimum Gasteiger partial charge on any atom is -0.345 e. The van der Waals surface area contributed by atoms with Gasteiger partial charge in [-0.3, -0.25) is 34.4 Å². The number of para-hydroxylation sites is 2. The summed E-state index contributed by atoms with van der Waals surface area (Å²) in [5.74, 6) is -2.18. The number of benzene rings is 1. The number of fused-ring (bicyclic) bond motifs is 1. The minimum atomic E-state index is -0.914. The average molecular weight is 345 g/mol. The molecule has 1 saturated carbocycles. The van der Waals surface area contributed by atoms with Gasteiger partial charge in [0.05, 0.1) is 11.0 Å². The molecule has 0 saturated heterocycles. The first-order valence-corrected chi connectivity index (χ1v) is 8.01. The van der Waals surface area contributed by atoms with Crippen LogP contribution in [0, 0.1) is 0 Å². The van der Waals surface area contributed by atoms with Crippen molar-refractivity contribution in [1.29, 1.82) is 0 Å². The first kappa shape index (κ1) is 16.7. The Morgan fingerprint density at radius 3 is 2.44 bits per heavy atom. The van der Waals surface area contributed by atoms with Crippen LogP contribution in [0.2, 0.25) is 0 Å². The topological polar surface area (TPSA) is 114 Å². The van der Waals surface area contributed by atoms with Gasteiger partial charge in [0.25, 0.3) is 0 Å². The number of carbonyl (C=O) groups is 3. The van der Waals surface area contributed by atoms with E-state index in [0.717, 1.165) is 23.9 Å². The molecule has 0 bridgehead atoms. The number of hydrogen-bond donors (Lipinski definition) is 3. The molecule has 9 nitrogen and oxygen atoms in total. The van der Waals surface area contributed by atoms with Gasteiger partial charge in [-0.2, -0.15) is 0 Å². The zero-order valence-electron chi connectivity index (χ0n) is 13.7. The zero-order chi connectivity index (χ0) is 18.0. The minimum absolute atomic E-state index is 0.0154. The Morgan fingerprint density at radius 1 is 1.08 bits per heavy atom. The van der Waals surface area contributed by atoms with E-state index in [1.807, 2.05) is 18.2 Å². The molecule has 3 amide bonds. The van der Waals surface area contributed by atoms with Crippen molar-refractivity contribution in [2.75, 3.05) is 0 Å². The van der Waals surface area contributed by atoms with Gasteiger partial charge in [0, 0.05) is 26.1 Å². The highest BCUT2D eigenvalue weighted by Crippen LogP contribution is 2.18. The van der Waals surface area contributed by atoms with Crippen LogP contribution in [0.15, 0.2) is 29.1 Å². The van der Waals surface area contributed by atoms with Crippen LogP contribution in [-0.4, -0.2) is 32.9 Å². The van der Waals surface area contributed by atoms with Crippen LogP contribution in [0.25, 0.3) is 11.0 Å². The van der Waals surface area contributed by atoms with Crippen molar-refractivity contribution in [2.45, 2.75) is 31.8 Å². The zero-order valence-corrected chi connectivity index (χ0v) is 13.7. The highest BCUT2D eigenvalue weighted by molar-refractivity contribution is 6.35. The number of nitrogens with zero attached hydrogens (tertiary/aromatic N) is 2. The summed E-state index contributed by atoms with van der Waals surface area (Å²) >= 11 is 0. The standard InChI is InChI=1S/C16H19N5O4/c1-20-11-4-2-3-5-12(11)21(16(20)25)9-8-13(22)18-19-15(24)14(23)17-10-6-7-10/h2-5,10H,6-9H2,1H3,(H,17,23)(H,18,22)(H,19,24). The molecule has 1 aromatic heterocycles. The lowest BCUT2D eigenvalue weighted by Gasteiger charge is -2.08. The number of imidazole rings is 1. The Kier molecular flexibility index (Phi) is 4.55. The lowest BCUT2D eigenvalue weighted by molar-refractivity contribution is -0.141. The molecule has 0 atom stereocenters. The highest BCUT2D eigenvalue weighted by Gasteiger charge is 2.26. The molecule has 1 aromatic carbocycles. The summed E-state index contributed by atoms with van der Waals surface area (Å²) in [6.07, 6.45) is 1.72. The summed E-state index contributed by atoms with van der Waals surface area (Å²) in [6, 6.07) is 7.34. The van der Waals surface area contributed by atoms with Crippen molar-refractivity contribution in [2.24, 2.45) is 7.05 Å². The van der Waals surface area contributed by atoms with Crippen molar-refractivity contribution in [3.63, 3.8) is 0 Å². The molecule has 2 aromatic rings. The van der Waals surface area contributed by atoms with Gasteiger partial charge in [-0.15, -0.1) is 0 Å². The maximum Gasteiger partial charge on any atom is 0.328 e. The Bertz CT molecular complexity index is 894. The number of carbonyl (C=O) groups excluding carboxylic acids is 3. The number of amides is 3. The first-order chi connectivity index (χ1) is 12.0. The fourth-order valence-corrected chi connectivity index (χ4v) is 2.52. The third-order valence-corrected chi connectivity index (χ3v) is 4.05. The molecule has 25 heavy (non-hydrogen) atoms. The fourth-order valence-electron chi connectivity index (χ4n) is 2.52. The number of aromatic nitrogens is 2. The van der Waals surface area contributed by atoms with Gasteiger partial charge in [-0.25, -0.2) is 4.79 Å². The van der Waals surface area contributed by atoms with Gasteiger partial charge in [-0.1, -0.05) is 12.1 Å². The summed E-state index contributed by atoms with van der Waals surface area (Å²) in [7, 11) is 1.67. The Hall–Kier alpha value is -3.10. The first-order valence-electron chi connectivity index (χ1n) is 8.01. The van der Waals surface area contributed by atoms with E-state index in [1.54, 1.807) is 13.1 Å². The van der Waals surface area contributed by atoms with E-state index in [4.69, 9.17) is 0 Å². The molecule has 1 aliphatic rings. The SMILES string of the molecule is Cn1c(=O)n(CCC(=O)NNC(=O)C(=O)NC2CC2)c2ccccc21. The number of hydrogen-bond acceptors (Lipinski definition) is 4. The summed E-state index contributed by atoms with van der Waals surface area (Å²) in [5, 5.41) is 2.52. The fraction of sp³-hybridized carbons (Fsp3) is 0.375.